The second-order valence-corrected chi connectivity index (χ2v) is 7.91. The molecule has 0 saturated carbocycles. The van der Waals surface area contributed by atoms with E-state index in [1.54, 1.807) is 18.6 Å². The fourth-order valence-electron chi connectivity index (χ4n) is 3.71. The normalized spacial score (nSPS) is 17.0. The van der Waals surface area contributed by atoms with Gasteiger partial charge in [-0.25, -0.2) is 4.98 Å². The number of primary amides is 1. The lowest BCUT2D eigenvalue weighted by molar-refractivity contribution is -0.117. The molecular weight excluding hydrogens is 364 g/mol. The number of rotatable bonds is 5. The average Bonchev–Trinajstić information content (AvgIpc) is 3.23. The molecule has 1 aliphatic carbocycles. The van der Waals surface area contributed by atoms with Crippen LogP contribution in [-0.4, -0.2) is 59.4 Å². The molecule has 2 amide bonds. The molecule has 0 bridgehead atoms. The Kier molecular flexibility index (Phi) is 5.04. The molecule has 1 aliphatic heterocycles. The first kappa shape index (κ1) is 17.9. The number of hydrogen-bond donors (Lipinski definition) is 2. The Hall–Kier alpha value is -2.52. The zero-order valence-electron chi connectivity index (χ0n) is 15.0. The van der Waals surface area contributed by atoms with Crippen LogP contribution in [-0.2, 0) is 17.6 Å². The van der Waals surface area contributed by atoms with E-state index in [4.69, 9.17) is 5.73 Å². The maximum absolute atomic E-state index is 12.5. The average molecular weight is 386 g/mol. The van der Waals surface area contributed by atoms with Crippen LogP contribution in [0.25, 0.3) is 0 Å². The van der Waals surface area contributed by atoms with Gasteiger partial charge in [-0.2, -0.15) is 0 Å². The van der Waals surface area contributed by atoms with Crippen LogP contribution in [0.4, 0.5) is 10.8 Å². The van der Waals surface area contributed by atoms with Crippen LogP contribution in [0.15, 0.2) is 18.6 Å². The number of carbonyl (C=O) groups is 2. The van der Waals surface area contributed by atoms with E-state index in [2.05, 4.69) is 25.1 Å². The highest BCUT2D eigenvalue weighted by atomic mass is 32.1. The molecule has 142 valence electrons. The number of fused-ring (bicyclic) bond motifs is 1. The van der Waals surface area contributed by atoms with Gasteiger partial charge in [0.15, 0.2) is 0 Å². The van der Waals surface area contributed by atoms with Crippen molar-refractivity contribution in [2.24, 2.45) is 5.73 Å². The highest BCUT2D eigenvalue weighted by Gasteiger charge is 2.27. The highest BCUT2D eigenvalue weighted by molar-refractivity contribution is 7.17. The van der Waals surface area contributed by atoms with Gasteiger partial charge >= 0.3 is 0 Å². The number of aryl methyl sites for hydroxylation is 1. The molecule has 1 fully saturated rings. The zero-order valence-corrected chi connectivity index (χ0v) is 15.8. The van der Waals surface area contributed by atoms with Crippen LogP contribution in [0, 0.1) is 0 Å². The molecule has 2 aliphatic rings. The highest BCUT2D eigenvalue weighted by Crippen LogP contribution is 2.38. The van der Waals surface area contributed by atoms with Gasteiger partial charge in [0.05, 0.1) is 18.3 Å². The molecule has 0 aromatic carbocycles. The van der Waals surface area contributed by atoms with Gasteiger partial charge in [0.1, 0.15) is 10.8 Å². The number of nitrogens with two attached hydrogens (primary N) is 1. The predicted octanol–water partition coefficient (Wildman–Crippen LogP) is 0.886. The summed E-state index contributed by atoms with van der Waals surface area (Å²) in [4.78, 5) is 38.2. The van der Waals surface area contributed by atoms with E-state index in [1.807, 2.05) is 0 Å². The third-order valence-corrected chi connectivity index (χ3v) is 6.24. The first-order chi connectivity index (χ1) is 13.1. The number of amides is 2. The number of nitrogens with zero attached hydrogens (tertiary/aromatic N) is 4. The van der Waals surface area contributed by atoms with Crippen molar-refractivity contribution >= 4 is 34.0 Å². The van der Waals surface area contributed by atoms with Crippen LogP contribution in [0.2, 0.25) is 0 Å². The third-order valence-electron chi connectivity index (χ3n) is 5.03. The van der Waals surface area contributed by atoms with E-state index in [0.29, 0.717) is 17.1 Å². The molecule has 2 aromatic heterocycles. The molecule has 9 heteroatoms. The summed E-state index contributed by atoms with van der Waals surface area (Å²) in [5.74, 6) is 0.300. The van der Waals surface area contributed by atoms with Crippen LogP contribution in [0.5, 0.6) is 0 Å². The van der Waals surface area contributed by atoms with Crippen molar-refractivity contribution in [1.29, 1.82) is 0 Å². The molecule has 4 rings (SSSR count). The summed E-state index contributed by atoms with van der Waals surface area (Å²) in [5.41, 5.74) is 7.09. The minimum absolute atomic E-state index is 0.106. The van der Waals surface area contributed by atoms with Gasteiger partial charge in [-0.1, -0.05) is 0 Å². The molecule has 3 heterocycles. The molecule has 8 nitrogen and oxygen atoms in total. The van der Waals surface area contributed by atoms with Crippen molar-refractivity contribution in [2.45, 2.75) is 19.3 Å². The lowest BCUT2D eigenvalue weighted by Gasteiger charge is -2.34. The molecule has 3 N–H and O–H groups in total. The van der Waals surface area contributed by atoms with Gasteiger partial charge in [0.25, 0.3) is 5.91 Å². The first-order valence-electron chi connectivity index (χ1n) is 9.09. The standard InChI is InChI=1S/C18H22N6O2S/c19-17(26)16-12-2-1-3-13(12)27-18(16)22-15(25)11-23-6-8-24(9-7-23)14-10-20-4-5-21-14/h4-5,10H,1-3,6-9,11H2,(H2,19,26)(H,22,25). The maximum atomic E-state index is 12.5. The Morgan fingerprint density at radius 1 is 1.19 bits per heavy atom. The van der Waals surface area contributed by atoms with E-state index in [1.165, 1.54) is 16.2 Å². The zero-order chi connectivity index (χ0) is 18.8. The van der Waals surface area contributed by atoms with Gasteiger partial charge in [-0.05, 0) is 24.8 Å². The number of piperazine rings is 1. The van der Waals surface area contributed by atoms with E-state index in [0.717, 1.165) is 56.8 Å². The number of anilines is 2. The van der Waals surface area contributed by atoms with E-state index < -0.39 is 5.91 Å². The second kappa shape index (κ2) is 7.61. The monoisotopic (exact) mass is 386 g/mol. The number of hydrogen-bond acceptors (Lipinski definition) is 7. The van der Waals surface area contributed by atoms with Gasteiger partial charge in [0.2, 0.25) is 5.91 Å². The predicted molar refractivity (Wildman–Crippen MR) is 104 cm³/mol. The number of nitrogens with one attached hydrogen (secondary N) is 1. The van der Waals surface area contributed by atoms with Crippen LogP contribution < -0.4 is 16.0 Å². The quantitative estimate of drug-likeness (QED) is 0.791. The Labute approximate surface area is 161 Å². The molecular formula is C18H22N6O2S. The van der Waals surface area contributed by atoms with E-state index >= 15 is 0 Å². The van der Waals surface area contributed by atoms with E-state index in [-0.39, 0.29) is 5.91 Å². The van der Waals surface area contributed by atoms with Crippen molar-refractivity contribution in [1.82, 2.24) is 14.9 Å². The van der Waals surface area contributed by atoms with Crippen molar-refractivity contribution in [2.75, 3.05) is 42.9 Å². The number of thiophene rings is 1. The largest absolute Gasteiger partial charge is 0.365 e. The van der Waals surface area contributed by atoms with Gasteiger partial charge in [-0.15, -0.1) is 11.3 Å². The van der Waals surface area contributed by atoms with Gasteiger partial charge in [0, 0.05) is 43.4 Å². The molecule has 0 atom stereocenters. The lowest BCUT2D eigenvalue weighted by atomic mass is 10.1. The Morgan fingerprint density at radius 2 is 2.00 bits per heavy atom. The molecule has 27 heavy (non-hydrogen) atoms. The van der Waals surface area contributed by atoms with Crippen LogP contribution in [0.3, 0.4) is 0 Å². The molecule has 0 spiro atoms. The van der Waals surface area contributed by atoms with Crippen LogP contribution >= 0.6 is 11.3 Å². The summed E-state index contributed by atoms with van der Waals surface area (Å²) in [7, 11) is 0. The Balaban J connectivity index is 1.34. The van der Waals surface area contributed by atoms with Crippen molar-refractivity contribution in [3.63, 3.8) is 0 Å². The molecule has 0 radical (unpaired) electrons. The Morgan fingerprint density at radius 3 is 2.70 bits per heavy atom. The summed E-state index contributed by atoms with van der Waals surface area (Å²) in [6.07, 6.45) is 7.97. The minimum Gasteiger partial charge on any atom is -0.365 e. The first-order valence-corrected chi connectivity index (χ1v) is 9.91. The minimum atomic E-state index is -0.456. The lowest BCUT2D eigenvalue weighted by Crippen LogP contribution is -2.49. The fraction of sp³-hybridized carbons (Fsp3) is 0.444. The van der Waals surface area contributed by atoms with Gasteiger partial charge < -0.3 is 16.0 Å². The maximum Gasteiger partial charge on any atom is 0.251 e. The summed E-state index contributed by atoms with van der Waals surface area (Å²) in [5, 5.41) is 3.52. The summed E-state index contributed by atoms with van der Waals surface area (Å²) in [6.45, 7) is 3.44. The summed E-state index contributed by atoms with van der Waals surface area (Å²) < 4.78 is 0. The second-order valence-electron chi connectivity index (χ2n) is 6.80. The Bertz CT molecular complexity index is 845. The summed E-state index contributed by atoms with van der Waals surface area (Å²) >= 11 is 1.49. The molecule has 0 unspecified atom stereocenters. The van der Waals surface area contributed by atoms with Crippen molar-refractivity contribution in [3.05, 3.63) is 34.6 Å². The fourth-order valence-corrected chi connectivity index (χ4v) is 5.02. The van der Waals surface area contributed by atoms with Crippen molar-refractivity contribution in [3.8, 4) is 0 Å². The molecule has 1 saturated heterocycles. The molecule has 2 aromatic rings. The van der Waals surface area contributed by atoms with Crippen LogP contribution in [0.1, 0.15) is 27.2 Å². The summed E-state index contributed by atoms with van der Waals surface area (Å²) in [6, 6.07) is 0. The number of aromatic nitrogens is 2. The topological polar surface area (TPSA) is 104 Å². The van der Waals surface area contributed by atoms with E-state index in [9.17, 15) is 9.59 Å². The number of carbonyl (C=O) groups excluding carboxylic acids is 2. The smallest absolute Gasteiger partial charge is 0.251 e. The van der Waals surface area contributed by atoms with Crippen molar-refractivity contribution < 1.29 is 9.59 Å². The third kappa shape index (κ3) is 3.79. The van der Waals surface area contributed by atoms with Gasteiger partial charge in [-0.3, -0.25) is 19.5 Å². The SMILES string of the molecule is NC(=O)c1c(NC(=O)CN2CCN(c3cnccn3)CC2)sc2c1CCC2.